The lowest BCUT2D eigenvalue weighted by Gasteiger charge is -2.01. The van der Waals surface area contributed by atoms with Gasteiger partial charge in [-0.05, 0) is 49.4 Å². The topological polar surface area (TPSA) is 44.1 Å². The van der Waals surface area contributed by atoms with E-state index in [1.165, 1.54) is 0 Å². The van der Waals surface area contributed by atoms with Crippen molar-refractivity contribution in [3.8, 4) is 22.7 Å². The molecule has 1 aliphatic heterocycles. The summed E-state index contributed by atoms with van der Waals surface area (Å²) in [4.78, 5) is 12.9. The highest BCUT2D eigenvalue weighted by Crippen LogP contribution is 2.34. The molecule has 146 valence electrons. The van der Waals surface area contributed by atoms with E-state index in [1.807, 2.05) is 85.9 Å². The van der Waals surface area contributed by atoms with Gasteiger partial charge in [0.2, 0.25) is 5.78 Å². The van der Waals surface area contributed by atoms with E-state index in [1.54, 1.807) is 10.8 Å². The molecule has 3 aromatic carbocycles. The number of para-hydroxylation sites is 1. The number of halogens is 1. The summed E-state index contributed by atoms with van der Waals surface area (Å²) in [5.74, 6) is 0.752. The molecule has 2 heterocycles. The number of carbonyl (C=O) groups is 1. The quantitative estimate of drug-likeness (QED) is 0.381. The number of ketones is 1. The van der Waals surface area contributed by atoms with Gasteiger partial charge in [-0.1, -0.05) is 53.6 Å². The number of aryl methyl sites for hydroxylation is 1. The smallest absolute Gasteiger partial charge is 0.231 e. The Balaban J connectivity index is 1.62. The summed E-state index contributed by atoms with van der Waals surface area (Å²) >= 11 is 6.06. The van der Waals surface area contributed by atoms with Crippen LogP contribution >= 0.6 is 11.6 Å². The summed E-state index contributed by atoms with van der Waals surface area (Å²) < 4.78 is 7.66. The van der Waals surface area contributed by atoms with Crippen molar-refractivity contribution in [2.45, 2.75) is 6.92 Å². The van der Waals surface area contributed by atoms with Crippen molar-refractivity contribution in [1.29, 1.82) is 0 Å². The second-order valence-electron chi connectivity index (χ2n) is 7.16. The highest BCUT2D eigenvalue weighted by molar-refractivity contribution is 6.30. The normalized spacial score (nSPS) is 14.1. The number of Topliss-reactive ketones (excluding diaryl/α,β-unsaturated/α-hetero) is 1. The molecule has 0 saturated heterocycles. The van der Waals surface area contributed by atoms with Gasteiger partial charge in [-0.25, -0.2) is 4.68 Å². The van der Waals surface area contributed by atoms with Crippen LogP contribution in [0.25, 0.3) is 23.0 Å². The lowest BCUT2D eigenvalue weighted by atomic mass is 10.1. The zero-order valence-electron chi connectivity index (χ0n) is 16.2. The second kappa shape index (κ2) is 7.32. The van der Waals surface area contributed by atoms with Gasteiger partial charge < -0.3 is 4.74 Å². The van der Waals surface area contributed by atoms with Gasteiger partial charge in [0.15, 0.2) is 5.76 Å². The fourth-order valence-corrected chi connectivity index (χ4v) is 3.61. The number of rotatable bonds is 3. The van der Waals surface area contributed by atoms with E-state index < -0.39 is 0 Å². The first-order valence-corrected chi connectivity index (χ1v) is 9.92. The fraction of sp³-hybridized carbons (Fsp3) is 0.0400. The summed E-state index contributed by atoms with van der Waals surface area (Å²) in [5, 5.41) is 5.43. The number of benzene rings is 3. The Morgan fingerprint density at radius 2 is 1.77 bits per heavy atom. The van der Waals surface area contributed by atoms with Gasteiger partial charge in [0.05, 0.1) is 11.3 Å². The predicted octanol–water partition coefficient (Wildman–Crippen LogP) is 6.12. The third-order valence-electron chi connectivity index (χ3n) is 4.99. The molecule has 1 aliphatic rings. The molecule has 0 amide bonds. The fourth-order valence-electron chi connectivity index (χ4n) is 3.48. The molecule has 4 aromatic rings. The minimum atomic E-state index is -0.122. The van der Waals surface area contributed by atoms with Crippen LogP contribution in [0, 0.1) is 6.92 Å². The van der Waals surface area contributed by atoms with E-state index in [2.05, 4.69) is 0 Å². The van der Waals surface area contributed by atoms with E-state index in [0.29, 0.717) is 22.1 Å². The molecule has 5 heteroatoms. The van der Waals surface area contributed by atoms with E-state index >= 15 is 0 Å². The number of aromatic nitrogens is 2. The average molecular weight is 413 g/mol. The van der Waals surface area contributed by atoms with Crippen LogP contribution in [0.3, 0.4) is 0 Å². The summed E-state index contributed by atoms with van der Waals surface area (Å²) in [6.45, 7) is 1.96. The summed E-state index contributed by atoms with van der Waals surface area (Å²) in [7, 11) is 0. The van der Waals surface area contributed by atoms with Crippen molar-refractivity contribution in [1.82, 2.24) is 9.78 Å². The Morgan fingerprint density at radius 1 is 1.00 bits per heavy atom. The van der Waals surface area contributed by atoms with Crippen molar-refractivity contribution < 1.29 is 9.53 Å². The maximum Gasteiger partial charge on any atom is 0.231 e. The highest BCUT2D eigenvalue weighted by Gasteiger charge is 2.28. The van der Waals surface area contributed by atoms with Crippen LogP contribution < -0.4 is 4.74 Å². The predicted molar refractivity (Wildman–Crippen MR) is 118 cm³/mol. The molecule has 0 saturated carbocycles. The molecule has 1 aromatic heterocycles. The van der Waals surface area contributed by atoms with Crippen molar-refractivity contribution in [2.75, 3.05) is 0 Å². The molecule has 0 N–H and O–H groups in total. The summed E-state index contributed by atoms with van der Waals surface area (Å²) in [6.07, 6.45) is 3.66. The summed E-state index contributed by atoms with van der Waals surface area (Å²) in [5.41, 5.74) is 4.96. The lowest BCUT2D eigenvalue weighted by molar-refractivity contribution is 0.101. The maximum absolute atomic E-state index is 12.9. The van der Waals surface area contributed by atoms with Crippen LogP contribution in [-0.2, 0) is 0 Å². The van der Waals surface area contributed by atoms with Gasteiger partial charge in [-0.15, -0.1) is 0 Å². The molecular formula is C25H17ClN2O2. The third kappa shape index (κ3) is 3.31. The zero-order chi connectivity index (χ0) is 20.7. The van der Waals surface area contributed by atoms with E-state index in [-0.39, 0.29) is 5.78 Å². The number of hydrogen-bond acceptors (Lipinski definition) is 3. The van der Waals surface area contributed by atoms with E-state index in [9.17, 15) is 4.79 Å². The Hall–Kier alpha value is -3.63. The lowest BCUT2D eigenvalue weighted by Crippen LogP contribution is -1.98. The van der Waals surface area contributed by atoms with Crippen LogP contribution in [0.1, 0.15) is 21.5 Å². The van der Waals surface area contributed by atoms with Crippen molar-refractivity contribution >= 4 is 23.5 Å². The van der Waals surface area contributed by atoms with Crippen LogP contribution in [0.5, 0.6) is 5.75 Å². The van der Waals surface area contributed by atoms with Gasteiger partial charge in [-0.2, -0.15) is 5.10 Å². The first-order valence-electron chi connectivity index (χ1n) is 9.54. The number of carbonyl (C=O) groups excluding carboxylic acids is 1. The standard InChI is InChI=1S/C25H17ClN2O2/c1-16-7-12-22-21(13-16)25(29)23(30-22)14-18-15-28(20-5-3-2-4-6-20)27-24(18)17-8-10-19(26)11-9-17/h2-15H,1H3/b23-14-. The first-order chi connectivity index (χ1) is 14.6. The number of nitrogens with zero attached hydrogens (tertiary/aromatic N) is 2. The zero-order valence-corrected chi connectivity index (χ0v) is 16.9. The van der Waals surface area contributed by atoms with E-state index in [4.69, 9.17) is 21.4 Å². The molecule has 0 radical (unpaired) electrons. The minimum absolute atomic E-state index is 0.122. The Morgan fingerprint density at radius 3 is 2.53 bits per heavy atom. The monoisotopic (exact) mass is 412 g/mol. The maximum atomic E-state index is 12.9. The SMILES string of the molecule is Cc1ccc2c(c1)C(=O)/C(=C/c1cn(-c3ccccc3)nc1-c1ccc(Cl)cc1)O2. The Bertz CT molecular complexity index is 1290. The number of hydrogen-bond donors (Lipinski definition) is 0. The van der Waals surface area contributed by atoms with Gasteiger partial charge in [0.25, 0.3) is 0 Å². The Kier molecular flexibility index (Phi) is 4.49. The van der Waals surface area contributed by atoms with E-state index in [0.717, 1.165) is 28.1 Å². The van der Waals surface area contributed by atoms with Crippen LogP contribution in [0.4, 0.5) is 0 Å². The van der Waals surface area contributed by atoms with Gasteiger partial charge in [0.1, 0.15) is 11.4 Å². The van der Waals surface area contributed by atoms with Crippen LogP contribution in [0.15, 0.2) is 84.8 Å². The largest absolute Gasteiger partial charge is 0.452 e. The minimum Gasteiger partial charge on any atom is -0.452 e. The molecule has 0 spiro atoms. The van der Waals surface area contributed by atoms with Crippen LogP contribution in [0.2, 0.25) is 5.02 Å². The number of ether oxygens (including phenoxy) is 1. The van der Waals surface area contributed by atoms with Crippen molar-refractivity contribution in [3.63, 3.8) is 0 Å². The van der Waals surface area contributed by atoms with Crippen molar-refractivity contribution in [2.24, 2.45) is 0 Å². The number of fused-ring (bicyclic) bond motifs is 1. The summed E-state index contributed by atoms with van der Waals surface area (Å²) in [6, 6.07) is 22.9. The molecular weight excluding hydrogens is 396 g/mol. The molecule has 0 aliphatic carbocycles. The molecule has 30 heavy (non-hydrogen) atoms. The molecule has 0 bridgehead atoms. The molecule has 0 atom stereocenters. The second-order valence-corrected chi connectivity index (χ2v) is 7.60. The number of allylic oxidation sites excluding steroid dienone is 1. The molecule has 5 rings (SSSR count). The Labute approximate surface area is 179 Å². The highest BCUT2D eigenvalue weighted by atomic mass is 35.5. The van der Waals surface area contributed by atoms with Gasteiger partial charge >= 0.3 is 0 Å². The van der Waals surface area contributed by atoms with Crippen molar-refractivity contribution in [3.05, 3.63) is 106 Å². The molecule has 0 unspecified atom stereocenters. The average Bonchev–Trinajstić information content (AvgIpc) is 3.31. The first kappa shape index (κ1) is 18.4. The third-order valence-corrected chi connectivity index (χ3v) is 5.24. The molecule has 4 nitrogen and oxygen atoms in total. The van der Waals surface area contributed by atoms with Crippen LogP contribution in [-0.4, -0.2) is 15.6 Å². The van der Waals surface area contributed by atoms with Gasteiger partial charge in [0, 0.05) is 22.3 Å². The molecule has 0 fully saturated rings. The van der Waals surface area contributed by atoms with Gasteiger partial charge in [-0.3, -0.25) is 4.79 Å².